The SMILES string of the molecule is Nc1c(C(=O)N2CCNCC2)cc(Cl)c(Br)c1F. The van der Waals surface area contributed by atoms with Gasteiger partial charge in [0.25, 0.3) is 5.91 Å². The van der Waals surface area contributed by atoms with E-state index in [2.05, 4.69) is 21.2 Å². The van der Waals surface area contributed by atoms with Crippen LogP contribution in [0.2, 0.25) is 5.02 Å². The van der Waals surface area contributed by atoms with E-state index in [0.29, 0.717) is 13.1 Å². The fourth-order valence-electron chi connectivity index (χ4n) is 1.82. The van der Waals surface area contributed by atoms with Crippen molar-refractivity contribution in [3.63, 3.8) is 0 Å². The van der Waals surface area contributed by atoms with E-state index < -0.39 is 5.82 Å². The Balaban J connectivity index is 2.35. The van der Waals surface area contributed by atoms with Gasteiger partial charge in [-0.05, 0) is 22.0 Å². The minimum Gasteiger partial charge on any atom is -0.396 e. The number of piperazine rings is 1. The molecule has 4 nitrogen and oxygen atoms in total. The van der Waals surface area contributed by atoms with E-state index in [4.69, 9.17) is 17.3 Å². The number of nitrogens with two attached hydrogens (primary N) is 1. The molecule has 1 aliphatic rings. The maximum atomic E-state index is 13.7. The van der Waals surface area contributed by atoms with E-state index in [1.165, 1.54) is 6.07 Å². The molecule has 98 valence electrons. The number of hydrogen-bond acceptors (Lipinski definition) is 3. The molecule has 1 saturated heterocycles. The Hall–Kier alpha value is -0.850. The second-order valence-electron chi connectivity index (χ2n) is 3.99. The number of hydrogen-bond donors (Lipinski definition) is 2. The number of amides is 1. The number of nitrogen functional groups attached to an aromatic ring is 1. The van der Waals surface area contributed by atoms with Crippen LogP contribution in [-0.2, 0) is 0 Å². The molecule has 0 atom stereocenters. The van der Waals surface area contributed by atoms with Gasteiger partial charge >= 0.3 is 0 Å². The largest absolute Gasteiger partial charge is 0.396 e. The van der Waals surface area contributed by atoms with Gasteiger partial charge < -0.3 is 16.0 Å². The van der Waals surface area contributed by atoms with Gasteiger partial charge in [-0.25, -0.2) is 4.39 Å². The first kappa shape index (κ1) is 13.6. The molecular formula is C11H12BrClFN3O. The maximum Gasteiger partial charge on any atom is 0.256 e. The molecule has 1 aromatic rings. The standard InChI is InChI=1S/C11H12BrClFN3O/c12-8-7(13)5-6(10(15)9(8)14)11(18)17-3-1-16-2-4-17/h5,16H,1-4,15H2. The molecule has 0 spiro atoms. The third-order valence-corrected chi connectivity index (χ3v) is 4.14. The highest BCUT2D eigenvalue weighted by molar-refractivity contribution is 9.10. The van der Waals surface area contributed by atoms with E-state index in [0.717, 1.165) is 13.1 Å². The van der Waals surface area contributed by atoms with Crippen molar-refractivity contribution in [1.82, 2.24) is 10.2 Å². The number of carbonyl (C=O) groups excluding carboxylic acids is 1. The number of halogens is 3. The average Bonchev–Trinajstić information content (AvgIpc) is 2.41. The second-order valence-corrected chi connectivity index (χ2v) is 5.19. The van der Waals surface area contributed by atoms with Gasteiger partial charge in [0.05, 0.1) is 20.7 Å². The Labute approximate surface area is 117 Å². The van der Waals surface area contributed by atoms with Crippen LogP contribution in [0.3, 0.4) is 0 Å². The summed E-state index contributed by atoms with van der Waals surface area (Å²) in [5.74, 6) is -0.983. The number of carbonyl (C=O) groups is 1. The van der Waals surface area contributed by atoms with Crippen LogP contribution in [0.15, 0.2) is 10.5 Å². The van der Waals surface area contributed by atoms with E-state index in [-0.39, 0.29) is 26.7 Å². The van der Waals surface area contributed by atoms with Gasteiger partial charge in [-0.2, -0.15) is 0 Å². The minimum atomic E-state index is -0.694. The lowest BCUT2D eigenvalue weighted by atomic mass is 10.1. The highest BCUT2D eigenvalue weighted by Crippen LogP contribution is 2.32. The monoisotopic (exact) mass is 335 g/mol. The molecule has 1 amide bonds. The van der Waals surface area contributed by atoms with E-state index in [9.17, 15) is 9.18 Å². The topological polar surface area (TPSA) is 58.4 Å². The summed E-state index contributed by atoms with van der Waals surface area (Å²) < 4.78 is 13.8. The smallest absolute Gasteiger partial charge is 0.256 e. The predicted molar refractivity (Wildman–Crippen MR) is 72.3 cm³/mol. The van der Waals surface area contributed by atoms with Gasteiger partial charge in [-0.1, -0.05) is 11.6 Å². The minimum absolute atomic E-state index is 0.0820. The summed E-state index contributed by atoms with van der Waals surface area (Å²) in [6, 6.07) is 1.40. The zero-order chi connectivity index (χ0) is 13.3. The molecule has 18 heavy (non-hydrogen) atoms. The molecule has 2 rings (SSSR count). The van der Waals surface area contributed by atoms with Crippen LogP contribution >= 0.6 is 27.5 Å². The number of rotatable bonds is 1. The van der Waals surface area contributed by atoms with Crippen molar-refractivity contribution in [1.29, 1.82) is 0 Å². The third-order valence-electron chi connectivity index (χ3n) is 2.83. The Bertz CT molecular complexity index is 492. The molecule has 0 radical (unpaired) electrons. The van der Waals surface area contributed by atoms with Gasteiger partial charge in [0.15, 0.2) is 5.82 Å². The molecule has 0 unspecified atom stereocenters. The van der Waals surface area contributed by atoms with Crippen LogP contribution in [0, 0.1) is 5.82 Å². The van der Waals surface area contributed by atoms with Gasteiger partial charge in [-0.3, -0.25) is 4.79 Å². The molecule has 0 saturated carbocycles. The number of anilines is 1. The average molecular weight is 337 g/mol. The van der Waals surface area contributed by atoms with Crippen molar-refractivity contribution in [3.05, 3.63) is 26.9 Å². The Morgan fingerprint density at radius 1 is 1.50 bits per heavy atom. The molecule has 0 aromatic heterocycles. The van der Waals surface area contributed by atoms with Gasteiger partial charge in [0.2, 0.25) is 0 Å². The van der Waals surface area contributed by atoms with Gasteiger partial charge in [0.1, 0.15) is 0 Å². The van der Waals surface area contributed by atoms with Crippen molar-refractivity contribution in [2.45, 2.75) is 0 Å². The fourth-order valence-corrected chi connectivity index (χ4v) is 2.34. The normalized spacial score (nSPS) is 15.8. The van der Waals surface area contributed by atoms with Gasteiger partial charge in [-0.15, -0.1) is 0 Å². The number of benzene rings is 1. The van der Waals surface area contributed by atoms with E-state index in [1.807, 2.05) is 0 Å². The van der Waals surface area contributed by atoms with Crippen molar-refractivity contribution >= 4 is 39.1 Å². The third kappa shape index (κ3) is 2.46. The second kappa shape index (κ2) is 5.42. The molecule has 0 bridgehead atoms. The quantitative estimate of drug-likeness (QED) is 0.608. The van der Waals surface area contributed by atoms with E-state index >= 15 is 0 Å². The van der Waals surface area contributed by atoms with Crippen molar-refractivity contribution in [2.75, 3.05) is 31.9 Å². The Morgan fingerprint density at radius 3 is 2.72 bits per heavy atom. The molecule has 0 aliphatic carbocycles. The van der Waals surface area contributed by atoms with Crippen molar-refractivity contribution < 1.29 is 9.18 Å². The molecule has 1 aromatic carbocycles. The molecular weight excluding hydrogens is 324 g/mol. The number of nitrogens with one attached hydrogen (secondary N) is 1. The molecule has 1 aliphatic heterocycles. The summed E-state index contributed by atoms with van der Waals surface area (Å²) in [6.45, 7) is 2.60. The summed E-state index contributed by atoms with van der Waals surface area (Å²) >= 11 is 8.84. The Kier molecular flexibility index (Phi) is 4.09. The lowest BCUT2D eigenvalue weighted by Crippen LogP contribution is -2.46. The first-order chi connectivity index (χ1) is 8.52. The summed E-state index contributed by atoms with van der Waals surface area (Å²) in [4.78, 5) is 13.8. The first-order valence-corrected chi connectivity index (χ1v) is 6.62. The highest BCUT2D eigenvalue weighted by Gasteiger charge is 2.23. The Morgan fingerprint density at radius 2 is 2.11 bits per heavy atom. The zero-order valence-corrected chi connectivity index (χ0v) is 11.8. The fraction of sp³-hybridized carbons (Fsp3) is 0.364. The van der Waals surface area contributed by atoms with Crippen LogP contribution in [-0.4, -0.2) is 37.0 Å². The number of nitrogens with zero attached hydrogens (tertiary/aromatic N) is 1. The lowest BCUT2D eigenvalue weighted by molar-refractivity contribution is 0.0736. The van der Waals surface area contributed by atoms with Crippen molar-refractivity contribution in [3.8, 4) is 0 Å². The van der Waals surface area contributed by atoms with Crippen molar-refractivity contribution in [2.24, 2.45) is 0 Å². The van der Waals surface area contributed by atoms with Gasteiger partial charge in [0, 0.05) is 26.2 Å². The van der Waals surface area contributed by atoms with Crippen LogP contribution in [0.25, 0.3) is 0 Å². The van der Waals surface area contributed by atoms with Crippen LogP contribution in [0.4, 0.5) is 10.1 Å². The lowest BCUT2D eigenvalue weighted by Gasteiger charge is -2.28. The molecule has 1 fully saturated rings. The molecule has 1 heterocycles. The first-order valence-electron chi connectivity index (χ1n) is 5.45. The summed E-state index contributed by atoms with van der Waals surface area (Å²) in [5.41, 5.74) is 5.58. The van der Waals surface area contributed by atoms with Crippen LogP contribution < -0.4 is 11.1 Å². The summed E-state index contributed by atoms with van der Waals surface area (Å²) in [6.07, 6.45) is 0. The van der Waals surface area contributed by atoms with E-state index in [1.54, 1.807) is 4.90 Å². The predicted octanol–water partition coefficient (Wildman–Crippen LogP) is 1.87. The molecule has 7 heteroatoms. The molecule has 3 N–H and O–H groups in total. The van der Waals surface area contributed by atoms with Crippen LogP contribution in [0.5, 0.6) is 0 Å². The highest BCUT2D eigenvalue weighted by atomic mass is 79.9. The van der Waals surface area contributed by atoms with Crippen LogP contribution in [0.1, 0.15) is 10.4 Å². The summed E-state index contributed by atoms with van der Waals surface area (Å²) in [7, 11) is 0. The summed E-state index contributed by atoms with van der Waals surface area (Å²) in [5, 5.41) is 3.27. The zero-order valence-electron chi connectivity index (χ0n) is 9.47. The maximum absolute atomic E-state index is 13.7.